The van der Waals surface area contributed by atoms with Gasteiger partial charge in [-0.15, -0.1) is 0 Å². The highest BCUT2D eigenvalue weighted by Gasteiger charge is 2.04. The molecule has 0 aliphatic rings. The zero-order valence-electron chi connectivity index (χ0n) is 9.56. The van der Waals surface area contributed by atoms with Crippen molar-refractivity contribution in [3.05, 3.63) is 29.8 Å². The number of aliphatic hydroxyl groups excluding tert-OH is 1. The third kappa shape index (κ3) is 3.90. The predicted octanol–water partition coefficient (Wildman–Crippen LogP) is 1.20. The van der Waals surface area contributed by atoms with E-state index >= 15 is 0 Å². The number of benzene rings is 1. The predicted molar refractivity (Wildman–Crippen MR) is 61.6 cm³/mol. The summed E-state index contributed by atoms with van der Waals surface area (Å²) in [7, 11) is 0. The molecule has 0 unspecified atom stereocenters. The number of aliphatic hydroxyl groups is 1. The van der Waals surface area contributed by atoms with Crippen molar-refractivity contribution < 1.29 is 14.6 Å². The molecule has 0 fully saturated rings. The molecule has 0 saturated carbocycles. The van der Waals surface area contributed by atoms with Crippen LogP contribution in [0.4, 0.5) is 0 Å². The minimum absolute atomic E-state index is 0.0553. The normalized spacial score (nSPS) is 10.2. The van der Waals surface area contributed by atoms with Crippen LogP contribution >= 0.6 is 0 Å². The van der Waals surface area contributed by atoms with Gasteiger partial charge in [0, 0.05) is 12.1 Å². The standard InChI is InChI=1S/C12H17NO3/c1-9(2)16-11-5-3-10(4-6-11)12(15)13-7-8-14/h3-6,9,14H,7-8H2,1-2H3,(H,13,15). The van der Waals surface area contributed by atoms with Crippen LogP contribution in [-0.4, -0.2) is 30.3 Å². The monoisotopic (exact) mass is 223 g/mol. The molecule has 0 bridgehead atoms. The van der Waals surface area contributed by atoms with Crippen molar-refractivity contribution in [3.63, 3.8) is 0 Å². The Balaban J connectivity index is 2.60. The number of hydrogen-bond acceptors (Lipinski definition) is 3. The van der Waals surface area contributed by atoms with Gasteiger partial charge >= 0.3 is 0 Å². The van der Waals surface area contributed by atoms with Crippen molar-refractivity contribution in [2.45, 2.75) is 20.0 Å². The summed E-state index contributed by atoms with van der Waals surface area (Å²) in [6.07, 6.45) is 0.120. The van der Waals surface area contributed by atoms with Gasteiger partial charge in [-0.25, -0.2) is 0 Å². The van der Waals surface area contributed by atoms with E-state index in [-0.39, 0.29) is 25.2 Å². The van der Waals surface area contributed by atoms with Crippen molar-refractivity contribution in [2.24, 2.45) is 0 Å². The molecular formula is C12H17NO3. The molecule has 0 aliphatic carbocycles. The van der Waals surface area contributed by atoms with Crippen LogP contribution in [0.25, 0.3) is 0 Å². The number of carbonyl (C=O) groups is 1. The summed E-state index contributed by atoms with van der Waals surface area (Å²) in [5, 5.41) is 11.1. The van der Waals surface area contributed by atoms with E-state index in [9.17, 15) is 4.79 Å². The molecule has 0 heterocycles. The van der Waals surface area contributed by atoms with Gasteiger partial charge in [0.2, 0.25) is 0 Å². The van der Waals surface area contributed by atoms with Crippen LogP contribution in [0.2, 0.25) is 0 Å². The molecular weight excluding hydrogens is 206 g/mol. The second kappa shape index (κ2) is 6.12. The second-order valence-corrected chi connectivity index (χ2v) is 3.67. The van der Waals surface area contributed by atoms with E-state index < -0.39 is 0 Å². The minimum atomic E-state index is -0.190. The third-order valence-corrected chi connectivity index (χ3v) is 1.89. The Labute approximate surface area is 95.2 Å². The first-order valence-electron chi connectivity index (χ1n) is 5.29. The van der Waals surface area contributed by atoms with Crippen LogP contribution in [0.15, 0.2) is 24.3 Å². The van der Waals surface area contributed by atoms with Crippen molar-refractivity contribution in [2.75, 3.05) is 13.2 Å². The number of rotatable bonds is 5. The quantitative estimate of drug-likeness (QED) is 0.788. The lowest BCUT2D eigenvalue weighted by molar-refractivity contribution is 0.0944. The Morgan fingerprint density at radius 1 is 1.38 bits per heavy atom. The van der Waals surface area contributed by atoms with Crippen molar-refractivity contribution in [3.8, 4) is 5.75 Å². The van der Waals surface area contributed by atoms with Crippen LogP contribution in [0.1, 0.15) is 24.2 Å². The third-order valence-electron chi connectivity index (χ3n) is 1.89. The van der Waals surface area contributed by atoms with Gasteiger partial charge < -0.3 is 15.2 Å². The van der Waals surface area contributed by atoms with E-state index in [4.69, 9.17) is 9.84 Å². The number of nitrogens with one attached hydrogen (secondary N) is 1. The summed E-state index contributed by atoms with van der Waals surface area (Å²) in [4.78, 5) is 11.5. The first kappa shape index (κ1) is 12.5. The van der Waals surface area contributed by atoms with Crippen LogP contribution in [-0.2, 0) is 0 Å². The summed E-state index contributed by atoms with van der Waals surface area (Å²) in [5.41, 5.74) is 0.560. The molecule has 1 aromatic rings. The number of carbonyl (C=O) groups excluding carboxylic acids is 1. The molecule has 1 amide bonds. The van der Waals surface area contributed by atoms with E-state index in [0.29, 0.717) is 5.56 Å². The van der Waals surface area contributed by atoms with Gasteiger partial charge in [0.05, 0.1) is 12.7 Å². The SMILES string of the molecule is CC(C)Oc1ccc(C(=O)NCCO)cc1. The fraction of sp³-hybridized carbons (Fsp3) is 0.417. The molecule has 4 heteroatoms. The molecule has 0 saturated heterocycles. The molecule has 1 rings (SSSR count). The highest BCUT2D eigenvalue weighted by atomic mass is 16.5. The van der Waals surface area contributed by atoms with Gasteiger partial charge in [0.1, 0.15) is 5.75 Å². The van der Waals surface area contributed by atoms with Gasteiger partial charge in [-0.05, 0) is 38.1 Å². The molecule has 88 valence electrons. The Bertz CT molecular complexity index is 333. The Morgan fingerprint density at radius 2 is 2.00 bits per heavy atom. The Hall–Kier alpha value is -1.55. The van der Waals surface area contributed by atoms with Crippen molar-refractivity contribution in [1.29, 1.82) is 0 Å². The maximum atomic E-state index is 11.5. The maximum Gasteiger partial charge on any atom is 0.251 e. The van der Waals surface area contributed by atoms with E-state index in [1.54, 1.807) is 24.3 Å². The van der Waals surface area contributed by atoms with Crippen LogP contribution < -0.4 is 10.1 Å². The van der Waals surface area contributed by atoms with Crippen LogP contribution in [0, 0.1) is 0 Å². The largest absolute Gasteiger partial charge is 0.491 e. The van der Waals surface area contributed by atoms with E-state index in [2.05, 4.69) is 5.32 Å². The summed E-state index contributed by atoms with van der Waals surface area (Å²) in [6, 6.07) is 6.91. The van der Waals surface area contributed by atoms with Gasteiger partial charge in [-0.2, -0.15) is 0 Å². The van der Waals surface area contributed by atoms with Gasteiger partial charge in [0.25, 0.3) is 5.91 Å². The lowest BCUT2D eigenvalue weighted by Crippen LogP contribution is -2.26. The molecule has 2 N–H and O–H groups in total. The van der Waals surface area contributed by atoms with E-state index in [1.165, 1.54) is 0 Å². The summed E-state index contributed by atoms with van der Waals surface area (Å²) in [5.74, 6) is 0.554. The number of amides is 1. The molecule has 1 aromatic carbocycles. The molecule has 4 nitrogen and oxygen atoms in total. The first-order valence-corrected chi connectivity index (χ1v) is 5.29. The second-order valence-electron chi connectivity index (χ2n) is 3.67. The average molecular weight is 223 g/mol. The summed E-state index contributed by atoms with van der Waals surface area (Å²) in [6.45, 7) is 4.10. The summed E-state index contributed by atoms with van der Waals surface area (Å²) >= 11 is 0. The molecule has 0 atom stereocenters. The lowest BCUT2D eigenvalue weighted by Gasteiger charge is -2.10. The van der Waals surface area contributed by atoms with Crippen molar-refractivity contribution >= 4 is 5.91 Å². The van der Waals surface area contributed by atoms with Crippen LogP contribution in [0.3, 0.4) is 0 Å². The number of hydrogen-bond donors (Lipinski definition) is 2. The van der Waals surface area contributed by atoms with Gasteiger partial charge in [0.15, 0.2) is 0 Å². The Morgan fingerprint density at radius 3 is 2.50 bits per heavy atom. The molecule has 0 radical (unpaired) electrons. The zero-order valence-corrected chi connectivity index (χ0v) is 9.56. The fourth-order valence-electron chi connectivity index (χ4n) is 1.23. The van der Waals surface area contributed by atoms with Crippen molar-refractivity contribution in [1.82, 2.24) is 5.32 Å². The highest BCUT2D eigenvalue weighted by molar-refractivity contribution is 5.94. The molecule has 0 spiro atoms. The fourth-order valence-corrected chi connectivity index (χ4v) is 1.23. The van der Waals surface area contributed by atoms with E-state index in [0.717, 1.165) is 5.75 Å². The molecule has 16 heavy (non-hydrogen) atoms. The number of ether oxygens (including phenoxy) is 1. The van der Waals surface area contributed by atoms with E-state index in [1.807, 2.05) is 13.8 Å². The smallest absolute Gasteiger partial charge is 0.251 e. The lowest BCUT2D eigenvalue weighted by atomic mass is 10.2. The van der Waals surface area contributed by atoms with Gasteiger partial charge in [-0.3, -0.25) is 4.79 Å². The Kier molecular flexibility index (Phi) is 4.79. The van der Waals surface area contributed by atoms with Crippen LogP contribution in [0.5, 0.6) is 5.75 Å². The highest BCUT2D eigenvalue weighted by Crippen LogP contribution is 2.13. The minimum Gasteiger partial charge on any atom is -0.491 e. The summed E-state index contributed by atoms with van der Waals surface area (Å²) < 4.78 is 5.46. The molecule has 0 aromatic heterocycles. The average Bonchev–Trinajstić information content (AvgIpc) is 2.26. The maximum absolute atomic E-state index is 11.5. The first-order chi connectivity index (χ1) is 7.63. The van der Waals surface area contributed by atoms with Gasteiger partial charge in [-0.1, -0.05) is 0 Å². The zero-order chi connectivity index (χ0) is 12.0. The topological polar surface area (TPSA) is 58.6 Å². The molecule has 0 aliphatic heterocycles.